The third kappa shape index (κ3) is 5.26. The molecular formula is C6H11ClN4O2S2. The van der Waals surface area contributed by atoms with Crippen molar-refractivity contribution in [3.8, 4) is 0 Å². The Morgan fingerprint density at radius 3 is 2.67 bits per heavy atom. The van der Waals surface area contributed by atoms with Crippen LogP contribution in [0.5, 0.6) is 0 Å². The fourth-order valence-electron chi connectivity index (χ4n) is 0.836. The van der Waals surface area contributed by atoms with Crippen LogP contribution in [0.2, 0.25) is 5.15 Å². The third-order valence-corrected chi connectivity index (χ3v) is 3.08. The minimum atomic E-state index is -3.10. The maximum absolute atomic E-state index is 10.7. The van der Waals surface area contributed by atoms with E-state index < -0.39 is 10.0 Å². The molecule has 0 saturated heterocycles. The fourth-order valence-corrected chi connectivity index (χ4v) is 2.03. The van der Waals surface area contributed by atoms with Gasteiger partial charge in [-0.1, -0.05) is 11.6 Å². The van der Waals surface area contributed by atoms with Gasteiger partial charge in [0.25, 0.3) is 0 Å². The van der Waals surface area contributed by atoms with Crippen molar-refractivity contribution < 1.29 is 8.42 Å². The lowest BCUT2D eigenvalue weighted by molar-refractivity contribution is 0.586. The molecule has 86 valence electrons. The number of hydrogen-bond acceptors (Lipinski definition) is 6. The van der Waals surface area contributed by atoms with E-state index in [-0.39, 0.29) is 0 Å². The number of nitrogens with one attached hydrogen (secondary N) is 2. The molecule has 1 aromatic rings. The lowest BCUT2D eigenvalue weighted by Crippen LogP contribution is -2.24. The van der Waals surface area contributed by atoms with Crippen LogP contribution in [-0.2, 0) is 10.0 Å². The largest absolute Gasteiger partial charge is 0.367 e. The van der Waals surface area contributed by atoms with E-state index in [2.05, 4.69) is 18.8 Å². The highest BCUT2D eigenvalue weighted by molar-refractivity contribution is 7.88. The monoisotopic (exact) mass is 270 g/mol. The number of halogens is 1. The first kappa shape index (κ1) is 12.6. The second-order valence-electron chi connectivity index (χ2n) is 2.85. The van der Waals surface area contributed by atoms with E-state index in [1.807, 2.05) is 0 Å². The zero-order valence-corrected chi connectivity index (χ0v) is 10.4. The molecular weight excluding hydrogens is 260 g/mol. The van der Waals surface area contributed by atoms with Crippen molar-refractivity contribution in [3.05, 3.63) is 5.15 Å². The molecule has 0 radical (unpaired) electrons. The number of hydrogen-bond donors (Lipinski definition) is 2. The third-order valence-electron chi connectivity index (χ3n) is 1.46. The van der Waals surface area contributed by atoms with Crippen molar-refractivity contribution in [1.82, 2.24) is 13.5 Å². The van der Waals surface area contributed by atoms with Gasteiger partial charge in [0.2, 0.25) is 10.0 Å². The molecule has 0 amide bonds. The van der Waals surface area contributed by atoms with Crippen molar-refractivity contribution >= 4 is 39.2 Å². The van der Waals surface area contributed by atoms with E-state index in [0.717, 1.165) is 18.0 Å². The van der Waals surface area contributed by atoms with E-state index in [9.17, 15) is 8.42 Å². The summed E-state index contributed by atoms with van der Waals surface area (Å²) in [6, 6.07) is 0. The molecule has 0 spiro atoms. The van der Waals surface area contributed by atoms with Gasteiger partial charge in [0.15, 0.2) is 11.0 Å². The number of aromatic nitrogens is 2. The van der Waals surface area contributed by atoms with Crippen LogP contribution in [0.1, 0.15) is 6.42 Å². The van der Waals surface area contributed by atoms with Crippen LogP contribution in [0.3, 0.4) is 0 Å². The molecule has 1 aromatic heterocycles. The molecule has 0 bridgehead atoms. The summed E-state index contributed by atoms with van der Waals surface area (Å²) < 4.78 is 31.5. The molecule has 1 heterocycles. The number of rotatable bonds is 6. The molecule has 0 aliphatic heterocycles. The minimum absolute atomic E-state index is 0.344. The molecule has 9 heteroatoms. The fraction of sp³-hybridized carbons (Fsp3) is 0.667. The van der Waals surface area contributed by atoms with Gasteiger partial charge in [-0.25, -0.2) is 13.1 Å². The second-order valence-corrected chi connectivity index (χ2v) is 5.57. The van der Waals surface area contributed by atoms with Crippen LogP contribution in [0.25, 0.3) is 0 Å². The molecule has 6 nitrogen and oxygen atoms in total. The average Bonchev–Trinajstić information content (AvgIpc) is 2.49. The van der Waals surface area contributed by atoms with Gasteiger partial charge in [0.1, 0.15) is 0 Å². The summed E-state index contributed by atoms with van der Waals surface area (Å²) >= 11 is 6.72. The van der Waals surface area contributed by atoms with Crippen LogP contribution in [0.15, 0.2) is 0 Å². The average molecular weight is 271 g/mol. The predicted octanol–water partition coefficient (Wildman–Crippen LogP) is 0.543. The van der Waals surface area contributed by atoms with Crippen LogP contribution in [-0.4, -0.2) is 36.5 Å². The van der Waals surface area contributed by atoms with Gasteiger partial charge in [0.05, 0.1) is 18.0 Å². The van der Waals surface area contributed by atoms with E-state index in [4.69, 9.17) is 11.6 Å². The molecule has 0 saturated carbocycles. The van der Waals surface area contributed by atoms with Crippen LogP contribution < -0.4 is 10.0 Å². The Morgan fingerprint density at radius 2 is 2.13 bits per heavy atom. The molecule has 0 unspecified atom stereocenters. The Morgan fingerprint density at radius 1 is 1.40 bits per heavy atom. The Balaban J connectivity index is 2.15. The summed E-state index contributed by atoms with van der Waals surface area (Å²) in [5.41, 5.74) is 0. The van der Waals surface area contributed by atoms with Crippen molar-refractivity contribution in [3.63, 3.8) is 0 Å². The number of anilines is 1. The van der Waals surface area contributed by atoms with E-state index in [1.54, 1.807) is 0 Å². The predicted molar refractivity (Wildman–Crippen MR) is 60.9 cm³/mol. The van der Waals surface area contributed by atoms with E-state index in [1.165, 1.54) is 0 Å². The minimum Gasteiger partial charge on any atom is -0.367 e. The Labute approximate surface area is 97.4 Å². The number of sulfonamides is 1. The second kappa shape index (κ2) is 5.59. The summed E-state index contributed by atoms with van der Waals surface area (Å²) in [6.07, 6.45) is 1.78. The van der Waals surface area contributed by atoms with Crippen molar-refractivity contribution in [2.24, 2.45) is 0 Å². The van der Waals surface area contributed by atoms with Crippen LogP contribution in [0.4, 0.5) is 5.82 Å². The zero-order chi connectivity index (χ0) is 11.3. The van der Waals surface area contributed by atoms with Gasteiger partial charge in [-0.3, -0.25) is 0 Å². The quantitative estimate of drug-likeness (QED) is 0.737. The van der Waals surface area contributed by atoms with Crippen molar-refractivity contribution in [1.29, 1.82) is 0 Å². The van der Waals surface area contributed by atoms with E-state index >= 15 is 0 Å². The highest BCUT2D eigenvalue weighted by Crippen LogP contribution is 2.17. The Kier molecular flexibility index (Phi) is 4.71. The molecule has 1 rings (SSSR count). The van der Waals surface area contributed by atoms with Gasteiger partial charge in [-0.2, -0.15) is 8.75 Å². The molecule has 0 aliphatic rings. The highest BCUT2D eigenvalue weighted by Gasteiger charge is 2.03. The van der Waals surface area contributed by atoms with E-state index in [0.29, 0.717) is 30.5 Å². The first-order chi connectivity index (χ1) is 6.99. The van der Waals surface area contributed by atoms with Gasteiger partial charge < -0.3 is 5.32 Å². The van der Waals surface area contributed by atoms with Crippen LogP contribution >= 0.6 is 23.3 Å². The van der Waals surface area contributed by atoms with Crippen LogP contribution in [0, 0.1) is 0 Å². The number of nitrogens with zero attached hydrogens (tertiary/aromatic N) is 2. The van der Waals surface area contributed by atoms with Gasteiger partial charge in [-0.15, -0.1) is 0 Å². The Hall–Kier alpha value is -0.440. The highest BCUT2D eigenvalue weighted by atomic mass is 35.5. The van der Waals surface area contributed by atoms with Gasteiger partial charge in [-0.05, 0) is 6.42 Å². The zero-order valence-electron chi connectivity index (χ0n) is 8.03. The first-order valence-corrected chi connectivity index (χ1v) is 7.15. The maximum Gasteiger partial charge on any atom is 0.208 e. The van der Waals surface area contributed by atoms with Crippen molar-refractivity contribution in [2.45, 2.75) is 6.42 Å². The molecule has 0 fully saturated rings. The maximum atomic E-state index is 10.7. The summed E-state index contributed by atoms with van der Waals surface area (Å²) in [5, 5.41) is 3.29. The molecule has 0 atom stereocenters. The van der Waals surface area contributed by atoms with Crippen molar-refractivity contribution in [2.75, 3.05) is 24.7 Å². The van der Waals surface area contributed by atoms with Gasteiger partial charge >= 0.3 is 0 Å². The first-order valence-electron chi connectivity index (χ1n) is 4.15. The molecule has 0 aliphatic carbocycles. The smallest absolute Gasteiger partial charge is 0.208 e. The molecule has 0 aromatic carbocycles. The van der Waals surface area contributed by atoms with Gasteiger partial charge in [0, 0.05) is 13.1 Å². The lowest BCUT2D eigenvalue weighted by Gasteiger charge is -2.03. The summed E-state index contributed by atoms with van der Waals surface area (Å²) in [6.45, 7) is 0.981. The normalized spacial score (nSPS) is 11.6. The molecule has 15 heavy (non-hydrogen) atoms. The topological polar surface area (TPSA) is 84.0 Å². The summed E-state index contributed by atoms with van der Waals surface area (Å²) in [4.78, 5) is 0. The summed E-state index contributed by atoms with van der Waals surface area (Å²) in [5.74, 6) is 0.543. The Bertz CT molecular complexity index is 405. The SMILES string of the molecule is CS(=O)(=O)NCCCNc1nsnc1Cl. The molecule has 2 N–H and O–H groups in total. The lowest BCUT2D eigenvalue weighted by atomic mass is 10.4. The summed E-state index contributed by atoms with van der Waals surface area (Å²) in [7, 11) is -3.10. The standard InChI is InChI=1S/C6H11ClN4O2S2/c1-15(12,13)9-4-2-3-8-6-5(7)10-14-11-6/h9H,2-4H2,1H3,(H,8,11).